The van der Waals surface area contributed by atoms with E-state index < -0.39 is 41.7 Å². The number of carbonyl (C=O) groups is 3. The summed E-state index contributed by atoms with van der Waals surface area (Å²) < 4.78 is 58.1. The standard InChI is InChI=1S/C16H17F2N3O3S.C2HF3O2/c1-2-3-4-12(15(23)24)20-14(22)13-8-25-16(21-13)19-11-6-9(17)5-10(18)7-11;3-2(4,5)1(6)7/h5-8,12H,2-4H2,1H3,(H,19,21)(H,20,22)(H,23,24);(H,6,7). The van der Waals surface area contributed by atoms with Crippen molar-refractivity contribution in [3.8, 4) is 0 Å². The van der Waals surface area contributed by atoms with E-state index in [2.05, 4.69) is 15.6 Å². The number of benzene rings is 1. The van der Waals surface area contributed by atoms with Gasteiger partial charge in [-0.05, 0) is 18.6 Å². The molecule has 1 heterocycles. The highest BCUT2D eigenvalue weighted by Crippen LogP contribution is 2.22. The van der Waals surface area contributed by atoms with Gasteiger partial charge in [0.25, 0.3) is 5.91 Å². The molecule has 2 rings (SSSR count). The lowest BCUT2D eigenvalue weighted by molar-refractivity contribution is -0.192. The first-order chi connectivity index (χ1) is 14.8. The second-order valence-electron chi connectivity index (χ2n) is 6.13. The molecule has 1 aromatic carbocycles. The zero-order valence-corrected chi connectivity index (χ0v) is 17.2. The zero-order valence-electron chi connectivity index (χ0n) is 16.4. The van der Waals surface area contributed by atoms with Gasteiger partial charge in [-0.3, -0.25) is 4.79 Å². The minimum atomic E-state index is -5.08. The summed E-state index contributed by atoms with van der Waals surface area (Å²) in [5.74, 6) is -5.95. The Morgan fingerprint density at radius 3 is 2.16 bits per heavy atom. The molecule has 0 aliphatic carbocycles. The van der Waals surface area contributed by atoms with Crippen molar-refractivity contribution in [1.82, 2.24) is 10.3 Å². The molecule has 1 aromatic heterocycles. The van der Waals surface area contributed by atoms with E-state index in [1.165, 1.54) is 5.38 Å². The van der Waals surface area contributed by atoms with Crippen molar-refractivity contribution in [3.63, 3.8) is 0 Å². The highest BCUT2D eigenvalue weighted by Gasteiger charge is 2.38. The van der Waals surface area contributed by atoms with Crippen LogP contribution in [-0.4, -0.2) is 45.3 Å². The van der Waals surface area contributed by atoms with E-state index in [0.717, 1.165) is 36.0 Å². The molecule has 0 radical (unpaired) electrons. The molecule has 0 bridgehead atoms. The Morgan fingerprint density at radius 1 is 1.12 bits per heavy atom. The number of amides is 1. The Labute approximate surface area is 182 Å². The molecule has 0 aliphatic heterocycles. The highest BCUT2D eigenvalue weighted by atomic mass is 32.1. The topological polar surface area (TPSA) is 129 Å². The summed E-state index contributed by atoms with van der Waals surface area (Å²) in [6.45, 7) is 1.92. The minimum Gasteiger partial charge on any atom is -0.480 e. The van der Waals surface area contributed by atoms with Crippen molar-refractivity contribution in [2.75, 3.05) is 5.32 Å². The highest BCUT2D eigenvalue weighted by molar-refractivity contribution is 7.14. The van der Waals surface area contributed by atoms with Crippen LogP contribution in [0.2, 0.25) is 0 Å². The molecule has 1 amide bonds. The predicted octanol–water partition coefficient (Wildman–Crippen LogP) is 4.17. The molecule has 1 unspecified atom stereocenters. The normalized spacial score (nSPS) is 11.7. The van der Waals surface area contributed by atoms with Crippen molar-refractivity contribution in [1.29, 1.82) is 0 Å². The van der Waals surface area contributed by atoms with Crippen LogP contribution in [0.15, 0.2) is 23.6 Å². The first-order valence-corrected chi connectivity index (χ1v) is 9.73. The first-order valence-electron chi connectivity index (χ1n) is 8.85. The summed E-state index contributed by atoms with van der Waals surface area (Å²) in [4.78, 5) is 36.2. The van der Waals surface area contributed by atoms with Gasteiger partial charge >= 0.3 is 18.1 Å². The van der Waals surface area contributed by atoms with Crippen LogP contribution >= 0.6 is 11.3 Å². The van der Waals surface area contributed by atoms with Crippen molar-refractivity contribution < 1.29 is 46.5 Å². The van der Waals surface area contributed by atoms with Crippen LogP contribution < -0.4 is 10.6 Å². The van der Waals surface area contributed by atoms with Gasteiger partial charge in [0.05, 0.1) is 0 Å². The number of aromatic nitrogens is 1. The van der Waals surface area contributed by atoms with Crippen LogP contribution in [0.1, 0.15) is 36.7 Å². The van der Waals surface area contributed by atoms with Gasteiger partial charge in [0.2, 0.25) is 0 Å². The molecule has 0 saturated carbocycles. The summed E-state index contributed by atoms with van der Waals surface area (Å²) in [6.07, 6.45) is -3.27. The number of nitrogens with one attached hydrogen (secondary N) is 2. The number of anilines is 2. The fourth-order valence-corrected chi connectivity index (χ4v) is 2.79. The monoisotopic (exact) mass is 483 g/mol. The molecule has 0 fully saturated rings. The molecular weight excluding hydrogens is 465 g/mol. The summed E-state index contributed by atoms with van der Waals surface area (Å²) in [6, 6.07) is 1.95. The Hall–Kier alpha value is -3.29. The molecule has 32 heavy (non-hydrogen) atoms. The third-order valence-electron chi connectivity index (χ3n) is 3.54. The predicted molar refractivity (Wildman–Crippen MR) is 104 cm³/mol. The number of carboxylic acid groups (broad SMARTS) is 2. The van der Waals surface area contributed by atoms with E-state index in [-0.39, 0.29) is 16.5 Å². The maximum absolute atomic E-state index is 13.2. The van der Waals surface area contributed by atoms with E-state index in [9.17, 15) is 31.5 Å². The molecule has 0 saturated heterocycles. The summed E-state index contributed by atoms with van der Waals surface area (Å²) in [7, 11) is 0. The van der Waals surface area contributed by atoms with E-state index in [1.807, 2.05) is 6.92 Å². The van der Waals surface area contributed by atoms with Gasteiger partial charge in [0.1, 0.15) is 23.4 Å². The lowest BCUT2D eigenvalue weighted by atomic mass is 10.1. The van der Waals surface area contributed by atoms with Crippen LogP contribution in [0.25, 0.3) is 0 Å². The molecule has 8 nitrogen and oxygen atoms in total. The van der Waals surface area contributed by atoms with Crippen LogP contribution in [0, 0.1) is 11.6 Å². The van der Waals surface area contributed by atoms with Crippen molar-refractivity contribution >= 4 is 40.0 Å². The quantitative estimate of drug-likeness (QED) is 0.415. The number of unbranched alkanes of at least 4 members (excludes halogenated alkanes) is 1. The van der Waals surface area contributed by atoms with Gasteiger partial charge < -0.3 is 20.8 Å². The second-order valence-corrected chi connectivity index (χ2v) is 6.99. The summed E-state index contributed by atoms with van der Waals surface area (Å²) in [5, 5.41) is 23.1. The van der Waals surface area contributed by atoms with E-state index in [0.29, 0.717) is 12.8 Å². The Bertz CT molecular complexity index is 931. The number of carboxylic acids is 2. The van der Waals surface area contributed by atoms with Gasteiger partial charge in [-0.15, -0.1) is 11.3 Å². The molecule has 0 aliphatic rings. The maximum Gasteiger partial charge on any atom is 0.490 e. The van der Waals surface area contributed by atoms with Gasteiger partial charge in [-0.1, -0.05) is 19.8 Å². The summed E-state index contributed by atoms with van der Waals surface area (Å²) >= 11 is 1.06. The Morgan fingerprint density at radius 2 is 1.69 bits per heavy atom. The van der Waals surface area contributed by atoms with E-state index in [1.54, 1.807) is 0 Å². The van der Waals surface area contributed by atoms with E-state index in [4.69, 9.17) is 15.0 Å². The average Bonchev–Trinajstić information content (AvgIpc) is 3.12. The van der Waals surface area contributed by atoms with Crippen molar-refractivity contribution in [3.05, 3.63) is 40.9 Å². The fraction of sp³-hybridized carbons (Fsp3) is 0.333. The first kappa shape index (κ1) is 26.7. The van der Waals surface area contributed by atoms with Crippen LogP contribution in [-0.2, 0) is 9.59 Å². The number of nitrogens with zero attached hydrogens (tertiary/aromatic N) is 1. The average molecular weight is 483 g/mol. The summed E-state index contributed by atoms with van der Waals surface area (Å²) in [5.41, 5.74) is 0.192. The molecule has 14 heteroatoms. The number of aliphatic carboxylic acids is 2. The molecule has 4 N–H and O–H groups in total. The van der Waals surface area contributed by atoms with Crippen molar-refractivity contribution in [2.24, 2.45) is 0 Å². The molecule has 0 spiro atoms. The molecule has 176 valence electrons. The fourth-order valence-electron chi connectivity index (χ4n) is 2.08. The number of carbonyl (C=O) groups excluding carboxylic acids is 1. The number of rotatable bonds is 8. The molecule has 2 aromatic rings. The lowest BCUT2D eigenvalue weighted by Crippen LogP contribution is -2.40. The van der Waals surface area contributed by atoms with Gasteiger partial charge in [-0.25, -0.2) is 23.4 Å². The Kier molecular flexibility index (Phi) is 9.97. The van der Waals surface area contributed by atoms with Crippen LogP contribution in [0.5, 0.6) is 0 Å². The van der Waals surface area contributed by atoms with Gasteiger partial charge in [0.15, 0.2) is 5.13 Å². The maximum atomic E-state index is 13.2. The van der Waals surface area contributed by atoms with Crippen LogP contribution in [0.3, 0.4) is 0 Å². The van der Waals surface area contributed by atoms with Gasteiger partial charge in [0, 0.05) is 17.1 Å². The second kappa shape index (κ2) is 11.9. The number of halogens is 5. The third kappa shape index (κ3) is 9.24. The van der Waals surface area contributed by atoms with Crippen molar-refractivity contribution in [2.45, 2.75) is 38.4 Å². The lowest BCUT2D eigenvalue weighted by Gasteiger charge is -2.12. The van der Waals surface area contributed by atoms with E-state index >= 15 is 0 Å². The largest absolute Gasteiger partial charge is 0.490 e. The molecular formula is C18H18F5N3O5S. The number of hydrogen-bond acceptors (Lipinski definition) is 6. The number of alkyl halides is 3. The van der Waals surface area contributed by atoms with Crippen LogP contribution in [0.4, 0.5) is 32.8 Å². The minimum absolute atomic E-state index is 0.0344. The molecule has 1 atom stereocenters. The SMILES string of the molecule is CCCCC(NC(=O)c1csc(Nc2cc(F)cc(F)c2)n1)C(=O)O.O=C(O)C(F)(F)F. The smallest absolute Gasteiger partial charge is 0.480 e. The number of thiazole rings is 1. The van der Waals surface area contributed by atoms with Gasteiger partial charge in [-0.2, -0.15) is 13.2 Å². The number of hydrogen-bond donors (Lipinski definition) is 4. The Balaban J connectivity index is 0.000000633. The zero-order chi connectivity index (χ0) is 24.5. The third-order valence-corrected chi connectivity index (χ3v) is 4.30.